The van der Waals surface area contributed by atoms with Crippen molar-refractivity contribution in [1.82, 2.24) is 4.90 Å². The van der Waals surface area contributed by atoms with Crippen LogP contribution in [0.2, 0.25) is 0 Å². The van der Waals surface area contributed by atoms with E-state index < -0.39 is 16.8 Å². The number of aliphatic carboxylic acids is 1. The molecule has 42 heavy (non-hydrogen) atoms. The Morgan fingerprint density at radius 1 is 1.07 bits per heavy atom. The van der Waals surface area contributed by atoms with Gasteiger partial charge in [-0.1, -0.05) is 12.1 Å². The lowest BCUT2D eigenvalue weighted by Crippen LogP contribution is -2.41. The number of non-ortho nitro benzene ring substituents is 1. The number of Topliss-reactive ketones (excluding diaryl/α,β-unsaturated/α-hetero) is 2. The minimum Gasteiger partial charge on any atom is -0.493 e. The number of nitro benzene ring substituents is 1. The summed E-state index contributed by atoms with van der Waals surface area (Å²) in [7, 11) is 1.51. The first-order valence-electron chi connectivity index (χ1n) is 13.9. The van der Waals surface area contributed by atoms with Crippen molar-refractivity contribution in [2.24, 2.45) is 0 Å². The van der Waals surface area contributed by atoms with Crippen LogP contribution in [0.5, 0.6) is 11.5 Å². The van der Waals surface area contributed by atoms with Gasteiger partial charge in [-0.25, -0.2) is 0 Å². The molecule has 218 valence electrons. The molecule has 0 unspecified atom stereocenters. The van der Waals surface area contributed by atoms with E-state index in [1.807, 2.05) is 6.07 Å². The summed E-state index contributed by atoms with van der Waals surface area (Å²) in [5.74, 6) is -0.936. The molecule has 0 saturated heterocycles. The number of hydrogen-bond acceptors (Lipinski definition) is 8. The molecule has 0 fully saturated rings. The number of carbonyl (C=O) groups is 3. The Morgan fingerprint density at radius 2 is 1.69 bits per heavy atom. The molecule has 2 aromatic rings. The molecule has 2 aliphatic carbocycles. The number of ketones is 2. The molecule has 1 N–H and O–H groups in total. The van der Waals surface area contributed by atoms with Crippen LogP contribution in [0.25, 0.3) is 0 Å². The van der Waals surface area contributed by atoms with Crippen molar-refractivity contribution in [1.29, 1.82) is 0 Å². The van der Waals surface area contributed by atoms with Crippen molar-refractivity contribution < 1.29 is 33.9 Å². The van der Waals surface area contributed by atoms with Crippen molar-refractivity contribution in [3.8, 4) is 11.5 Å². The third-order valence-electron chi connectivity index (χ3n) is 7.98. The predicted octanol–water partition coefficient (Wildman–Crippen LogP) is 5.41. The second kappa shape index (κ2) is 12.0. The Kier molecular flexibility index (Phi) is 8.24. The highest BCUT2D eigenvalue weighted by molar-refractivity contribution is 6.06. The maximum absolute atomic E-state index is 13.5. The lowest BCUT2D eigenvalue weighted by Gasteiger charge is -2.43. The lowest BCUT2D eigenvalue weighted by molar-refractivity contribution is -0.384. The first-order chi connectivity index (χ1) is 20.2. The van der Waals surface area contributed by atoms with Crippen molar-refractivity contribution in [2.45, 2.75) is 57.5 Å². The molecule has 0 saturated carbocycles. The Hall–Kier alpha value is -4.73. The summed E-state index contributed by atoms with van der Waals surface area (Å²) < 4.78 is 11.9. The number of hydrogen-bond donors (Lipinski definition) is 1. The van der Waals surface area contributed by atoms with Crippen LogP contribution in [-0.2, 0) is 27.4 Å². The van der Waals surface area contributed by atoms with Gasteiger partial charge in [0, 0.05) is 59.0 Å². The molecule has 0 amide bonds. The van der Waals surface area contributed by atoms with Crippen LogP contribution in [0.15, 0.2) is 71.6 Å². The van der Waals surface area contributed by atoms with Crippen LogP contribution in [0.1, 0.15) is 61.1 Å². The van der Waals surface area contributed by atoms with E-state index in [0.29, 0.717) is 84.5 Å². The number of methoxy groups -OCH3 is 1. The smallest absolute Gasteiger partial charge is 0.323 e. The van der Waals surface area contributed by atoms with Crippen LogP contribution >= 0.6 is 0 Å². The molecule has 10 nitrogen and oxygen atoms in total. The minimum atomic E-state index is -1.02. The third-order valence-corrected chi connectivity index (χ3v) is 7.98. The summed E-state index contributed by atoms with van der Waals surface area (Å²) >= 11 is 0. The molecule has 0 bridgehead atoms. The van der Waals surface area contributed by atoms with Gasteiger partial charge in [-0.15, -0.1) is 6.58 Å². The number of carboxylic acid groups (broad SMARTS) is 1. The average molecular weight is 573 g/mol. The van der Waals surface area contributed by atoms with Gasteiger partial charge in [0.2, 0.25) is 0 Å². The maximum Gasteiger partial charge on any atom is 0.323 e. The normalized spacial score (nSPS) is 17.1. The number of nitro groups is 1. The molecule has 1 heterocycles. The zero-order valence-corrected chi connectivity index (χ0v) is 23.4. The summed E-state index contributed by atoms with van der Waals surface area (Å²) in [5, 5.41) is 20.7. The Morgan fingerprint density at radius 3 is 2.21 bits per heavy atom. The van der Waals surface area contributed by atoms with Gasteiger partial charge >= 0.3 is 5.97 Å². The summed E-state index contributed by atoms with van der Waals surface area (Å²) in [4.78, 5) is 51.1. The first-order valence-corrected chi connectivity index (χ1v) is 13.9. The van der Waals surface area contributed by atoms with Crippen molar-refractivity contribution in [3.63, 3.8) is 0 Å². The lowest BCUT2D eigenvalue weighted by atomic mass is 9.70. The monoisotopic (exact) mass is 572 g/mol. The van der Waals surface area contributed by atoms with Crippen LogP contribution in [0, 0.1) is 10.1 Å². The fourth-order valence-corrected chi connectivity index (χ4v) is 6.22. The largest absolute Gasteiger partial charge is 0.493 e. The average Bonchev–Trinajstić information content (AvgIpc) is 2.97. The Balaban J connectivity index is 1.61. The van der Waals surface area contributed by atoms with Gasteiger partial charge in [-0.2, -0.15) is 0 Å². The van der Waals surface area contributed by atoms with E-state index in [1.54, 1.807) is 29.2 Å². The number of carboxylic acids is 1. The summed E-state index contributed by atoms with van der Waals surface area (Å²) in [5.41, 5.74) is 4.51. The first kappa shape index (κ1) is 28.8. The molecule has 3 aliphatic rings. The van der Waals surface area contributed by atoms with Crippen LogP contribution in [0.4, 0.5) is 5.69 Å². The number of rotatable bonds is 10. The molecule has 0 atom stereocenters. The highest BCUT2D eigenvalue weighted by atomic mass is 16.6. The summed E-state index contributed by atoms with van der Waals surface area (Å²) in [6.45, 7) is 3.71. The second-order valence-electron chi connectivity index (χ2n) is 10.6. The number of allylic oxidation sites excluding steroid dienone is 5. The van der Waals surface area contributed by atoms with Crippen LogP contribution < -0.4 is 9.47 Å². The second-order valence-corrected chi connectivity index (χ2v) is 10.6. The molecule has 2 aromatic carbocycles. The fourth-order valence-electron chi connectivity index (χ4n) is 6.22. The van der Waals surface area contributed by atoms with E-state index >= 15 is 0 Å². The van der Waals surface area contributed by atoms with E-state index in [1.165, 1.54) is 19.2 Å². The van der Waals surface area contributed by atoms with E-state index in [4.69, 9.17) is 9.47 Å². The van der Waals surface area contributed by atoms with Crippen molar-refractivity contribution >= 4 is 23.2 Å². The SMILES string of the molecule is C=CCc1cc(C2C3=C(CCCC3=O)N(CC(=O)O)C3=C2C(=O)CCC3)cc(OC)c1OCc1ccc([N+](=O)[O-])cc1. The third kappa shape index (κ3) is 5.44. The van der Waals surface area contributed by atoms with Gasteiger partial charge in [0.15, 0.2) is 23.1 Å². The van der Waals surface area contributed by atoms with Crippen molar-refractivity contribution in [2.75, 3.05) is 13.7 Å². The Labute approximate surface area is 243 Å². The van der Waals surface area contributed by atoms with Gasteiger partial charge in [-0.3, -0.25) is 24.5 Å². The number of carbonyl (C=O) groups excluding carboxylic acids is 2. The number of benzene rings is 2. The molecule has 0 spiro atoms. The van der Waals surface area contributed by atoms with E-state index in [-0.39, 0.29) is 30.4 Å². The standard InChI is InChI=1S/C32H32N2O8/c1-3-6-20-15-21(16-27(41-2)32(20)42-18-19-11-13-22(14-12-19)34(39)40)29-30-23(7-4-9-25(30)35)33(17-28(37)38)24-8-5-10-26(36)31(24)29/h3,11-16,29H,1,4-10,17-18H2,2H3,(H,37,38). The van der Waals surface area contributed by atoms with E-state index in [9.17, 15) is 29.6 Å². The number of ether oxygens (including phenoxy) is 2. The van der Waals surface area contributed by atoms with Crippen LogP contribution in [0.3, 0.4) is 0 Å². The van der Waals surface area contributed by atoms with E-state index in [2.05, 4.69) is 6.58 Å². The van der Waals surface area contributed by atoms with Gasteiger partial charge in [0.05, 0.1) is 12.0 Å². The minimum absolute atomic E-state index is 0.0145. The topological polar surface area (TPSA) is 136 Å². The molecular weight excluding hydrogens is 540 g/mol. The number of nitrogens with zero attached hydrogens (tertiary/aromatic N) is 2. The highest BCUT2D eigenvalue weighted by Gasteiger charge is 2.44. The highest BCUT2D eigenvalue weighted by Crippen LogP contribution is 2.50. The van der Waals surface area contributed by atoms with Gasteiger partial charge in [0.1, 0.15) is 13.2 Å². The Bertz CT molecular complexity index is 1490. The van der Waals surface area contributed by atoms with E-state index in [0.717, 1.165) is 11.1 Å². The molecule has 1 aliphatic heterocycles. The zero-order chi connectivity index (χ0) is 30.0. The maximum atomic E-state index is 13.5. The van der Waals surface area contributed by atoms with Crippen molar-refractivity contribution in [3.05, 3.63) is 98.4 Å². The fraction of sp³-hybridized carbons (Fsp3) is 0.344. The van der Waals surface area contributed by atoms with Gasteiger partial charge in [0.25, 0.3) is 5.69 Å². The predicted molar refractivity (Wildman–Crippen MR) is 153 cm³/mol. The van der Waals surface area contributed by atoms with Crippen LogP contribution in [-0.4, -0.2) is 46.1 Å². The molecule has 10 heteroatoms. The molecule has 0 aromatic heterocycles. The summed E-state index contributed by atoms with van der Waals surface area (Å²) in [6, 6.07) is 9.78. The zero-order valence-electron chi connectivity index (χ0n) is 23.4. The summed E-state index contributed by atoms with van der Waals surface area (Å²) in [6.07, 6.45) is 5.16. The van der Waals surface area contributed by atoms with Gasteiger partial charge in [-0.05, 0) is 61.4 Å². The quantitative estimate of drug-likeness (QED) is 0.225. The molecule has 5 rings (SSSR count). The van der Waals surface area contributed by atoms with Gasteiger partial charge < -0.3 is 19.5 Å². The molecular formula is C32H32N2O8. The molecule has 0 radical (unpaired) electrons.